The number of rotatable bonds is 9. The first-order valence-electron chi connectivity index (χ1n) is 13.4. The molecule has 6 rings (SSSR count). The lowest BCUT2D eigenvalue weighted by atomic mass is 9.75. The molecule has 0 radical (unpaired) electrons. The first-order chi connectivity index (χ1) is 20.5. The molecule has 1 amide bonds. The fraction of sp³-hybridized carbons (Fsp3) is 0.156. The number of benzene rings is 4. The van der Waals surface area contributed by atoms with Gasteiger partial charge >= 0.3 is 0 Å². The number of nitrogens with zero attached hydrogens (tertiary/aromatic N) is 3. The van der Waals surface area contributed by atoms with Gasteiger partial charge in [-0.1, -0.05) is 30.3 Å². The van der Waals surface area contributed by atoms with E-state index in [1.165, 1.54) is 17.4 Å². The second-order valence-corrected chi connectivity index (χ2v) is 9.71. The predicted octanol–water partition coefficient (Wildman–Crippen LogP) is 4.48. The number of nitrogens with two attached hydrogens (primary N) is 2. The number of ether oxygens (including phenoxy) is 3. The zero-order valence-corrected chi connectivity index (χ0v) is 22.6. The van der Waals surface area contributed by atoms with E-state index in [0.717, 1.165) is 16.7 Å². The first kappa shape index (κ1) is 27.0. The number of carbonyl (C=O) groups excluding carboxylic acids is 1. The molecule has 4 aromatic rings. The maximum atomic E-state index is 13.9. The number of hydrogen-bond donors (Lipinski definition) is 3. The Morgan fingerprint density at radius 2 is 1.52 bits per heavy atom. The number of hydrogen-bond acceptors (Lipinski definition) is 9. The Labute approximate surface area is 242 Å². The third-order valence-electron chi connectivity index (χ3n) is 7.11. The van der Waals surface area contributed by atoms with E-state index in [0.29, 0.717) is 53.1 Å². The van der Waals surface area contributed by atoms with Crippen molar-refractivity contribution in [3.05, 3.63) is 107 Å². The van der Waals surface area contributed by atoms with Crippen LogP contribution >= 0.6 is 0 Å². The van der Waals surface area contributed by atoms with Crippen LogP contribution in [0.5, 0.6) is 17.2 Å². The second kappa shape index (κ2) is 11.4. The summed E-state index contributed by atoms with van der Waals surface area (Å²) in [5.74, 6) is 1.46. The van der Waals surface area contributed by atoms with E-state index >= 15 is 0 Å². The van der Waals surface area contributed by atoms with Crippen molar-refractivity contribution in [2.45, 2.75) is 5.54 Å². The molecule has 0 bridgehead atoms. The molecule has 1 spiro atoms. The second-order valence-electron chi connectivity index (χ2n) is 9.71. The van der Waals surface area contributed by atoms with Crippen LogP contribution in [0.1, 0.15) is 27.0 Å². The molecule has 212 valence electrons. The Kier molecular flexibility index (Phi) is 7.30. The number of hydrazone groups is 1. The molecule has 0 unspecified atom stereocenters. The molecule has 0 fully saturated rings. The standard InChI is InChI=1S/C32H29N5O5/c33-21-5-11-27-29(19-21)42-30-20-22(34)6-12-28(30)32(27)26-4-2-1-3-25(26)31(39)37(32)36-14-13-35-23-7-9-24(10-8-23)41-18-17-40-16-15-38/h1-14,19-20,38H,15-18,33-34H2/b35-13?,36-14+. The van der Waals surface area contributed by atoms with Crippen LogP contribution in [-0.4, -0.2) is 54.9 Å². The average molecular weight is 564 g/mol. The SMILES string of the molecule is Nc1ccc2c(c1)Oc1cc(N)ccc1C21c2ccccc2C(=O)N1/N=C/C=Nc1ccc(OCCOCCO)cc1. The third-order valence-corrected chi connectivity index (χ3v) is 7.11. The summed E-state index contributed by atoms with van der Waals surface area (Å²) in [6, 6.07) is 25.5. The van der Waals surface area contributed by atoms with Gasteiger partial charge < -0.3 is 30.8 Å². The lowest BCUT2D eigenvalue weighted by Gasteiger charge is -2.41. The average Bonchev–Trinajstić information content (AvgIpc) is 3.23. The van der Waals surface area contributed by atoms with Crippen LogP contribution in [0.15, 0.2) is 95.0 Å². The lowest BCUT2D eigenvalue weighted by Crippen LogP contribution is -2.44. The van der Waals surface area contributed by atoms with Crippen molar-refractivity contribution in [2.75, 3.05) is 37.9 Å². The van der Waals surface area contributed by atoms with E-state index in [2.05, 4.69) is 10.1 Å². The van der Waals surface area contributed by atoms with Crippen LogP contribution in [0.3, 0.4) is 0 Å². The van der Waals surface area contributed by atoms with E-state index in [9.17, 15) is 4.79 Å². The number of fused-ring (bicyclic) bond motifs is 6. The summed E-state index contributed by atoms with van der Waals surface area (Å²) >= 11 is 0. The number of amides is 1. The quantitative estimate of drug-likeness (QED) is 0.155. The van der Waals surface area contributed by atoms with Crippen LogP contribution < -0.4 is 20.9 Å². The van der Waals surface area contributed by atoms with Crippen molar-refractivity contribution in [3.63, 3.8) is 0 Å². The zero-order chi connectivity index (χ0) is 29.1. The molecular formula is C32H29N5O5. The minimum absolute atomic E-state index is 0.0188. The maximum absolute atomic E-state index is 13.9. The molecule has 0 saturated carbocycles. The van der Waals surface area contributed by atoms with Gasteiger partial charge in [-0.15, -0.1) is 0 Å². The van der Waals surface area contributed by atoms with Gasteiger partial charge in [-0.25, -0.2) is 5.01 Å². The number of anilines is 2. The van der Waals surface area contributed by atoms with Crippen LogP contribution in [0.25, 0.3) is 0 Å². The number of aliphatic imine (C=N–C) groups is 1. The fourth-order valence-electron chi connectivity index (χ4n) is 5.36. The fourth-order valence-corrected chi connectivity index (χ4v) is 5.36. The highest BCUT2D eigenvalue weighted by atomic mass is 16.5. The predicted molar refractivity (Wildman–Crippen MR) is 161 cm³/mol. The zero-order valence-electron chi connectivity index (χ0n) is 22.6. The van der Waals surface area contributed by atoms with Gasteiger partial charge in [0.15, 0.2) is 0 Å². The molecule has 0 atom stereocenters. The molecule has 0 aliphatic carbocycles. The number of nitrogen functional groups attached to an aromatic ring is 2. The van der Waals surface area contributed by atoms with Gasteiger partial charge in [-0.3, -0.25) is 9.79 Å². The monoisotopic (exact) mass is 563 g/mol. The molecule has 4 aromatic carbocycles. The third kappa shape index (κ3) is 4.72. The van der Waals surface area contributed by atoms with Crippen LogP contribution in [0.4, 0.5) is 17.1 Å². The number of carbonyl (C=O) groups is 1. The molecule has 10 heteroatoms. The molecule has 0 saturated heterocycles. The summed E-state index contributed by atoms with van der Waals surface area (Å²) in [7, 11) is 0. The minimum atomic E-state index is -1.11. The van der Waals surface area contributed by atoms with E-state index in [1.54, 1.807) is 42.5 Å². The molecule has 5 N–H and O–H groups in total. The van der Waals surface area contributed by atoms with Gasteiger partial charge in [-0.05, 0) is 42.5 Å². The van der Waals surface area contributed by atoms with Gasteiger partial charge in [0.05, 0.1) is 31.7 Å². The first-order valence-corrected chi connectivity index (χ1v) is 13.4. The van der Waals surface area contributed by atoms with Crippen molar-refractivity contribution < 1.29 is 24.1 Å². The van der Waals surface area contributed by atoms with Crippen molar-refractivity contribution >= 4 is 35.4 Å². The molecule has 2 heterocycles. The van der Waals surface area contributed by atoms with E-state index < -0.39 is 5.54 Å². The Balaban J connectivity index is 1.33. The Hall–Kier alpha value is -5.19. The summed E-state index contributed by atoms with van der Waals surface area (Å²) in [5.41, 5.74) is 15.7. The van der Waals surface area contributed by atoms with E-state index in [1.807, 2.05) is 42.5 Å². The minimum Gasteiger partial charge on any atom is -0.491 e. The highest BCUT2D eigenvalue weighted by Gasteiger charge is 2.57. The maximum Gasteiger partial charge on any atom is 0.275 e. The number of aliphatic hydroxyl groups excluding tert-OH is 1. The summed E-state index contributed by atoms with van der Waals surface area (Å²) in [6.45, 7) is 1.03. The molecular weight excluding hydrogens is 534 g/mol. The van der Waals surface area contributed by atoms with Gasteiger partial charge in [0.25, 0.3) is 5.91 Å². The van der Waals surface area contributed by atoms with Gasteiger partial charge in [0.1, 0.15) is 29.4 Å². The van der Waals surface area contributed by atoms with E-state index in [4.69, 9.17) is 30.8 Å². The van der Waals surface area contributed by atoms with Gasteiger partial charge in [-0.2, -0.15) is 5.10 Å². The Morgan fingerprint density at radius 3 is 2.21 bits per heavy atom. The van der Waals surface area contributed by atoms with Crippen LogP contribution in [0.2, 0.25) is 0 Å². The van der Waals surface area contributed by atoms with E-state index in [-0.39, 0.29) is 19.1 Å². The summed E-state index contributed by atoms with van der Waals surface area (Å²) in [6.07, 6.45) is 3.04. The molecule has 42 heavy (non-hydrogen) atoms. The van der Waals surface area contributed by atoms with Crippen molar-refractivity contribution in [1.82, 2.24) is 5.01 Å². The van der Waals surface area contributed by atoms with Crippen molar-refractivity contribution in [3.8, 4) is 17.2 Å². The van der Waals surface area contributed by atoms with Crippen molar-refractivity contribution in [2.24, 2.45) is 10.1 Å². The number of aliphatic hydroxyl groups is 1. The van der Waals surface area contributed by atoms with Crippen molar-refractivity contribution in [1.29, 1.82) is 0 Å². The molecule has 0 aromatic heterocycles. The van der Waals surface area contributed by atoms with Crippen LogP contribution in [-0.2, 0) is 10.3 Å². The lowest BCUT2D eigenvalue weighted by molar-refractivity contribution is 0.0675. The molecule has 2 aliphatic rings. The highest BCUT2D eigenvalue weighted by Crippen LogP contribution is 2.57. The summed E-state index contributed by atoms with van der Waals surface area (Å²) in [5, 5.41) is 14.9. The Bertz CT molecular complexity index is 1630. The van der Waals surface area contributed by atoms with Gasteiger partial charge in [0, 0.05) is 52.0 Å². The Morgan fingerprint density at radius 1 is 0.833 bits per heavy atom. The summed E-state index contributed by atoms with van der Waals surface area (Å²) < 4.78 is 17.1. The van der Waals surface area contributed by atoms with Gasteiger partial charge in [0.2, 0.25) is 0 Å². The molecule has 2 aliphatic heterocycles. The van der Waals surface area contributed by atoms with Crippen LogP contribution in [0, 0.1) is 0 Å². The molecule has 10 nitrogen and oxygen atoms in total. The normalized spacial score (nSPS) is 14.7. The topological polar surface area (TPSA) is 145 Å². The largest absolute Gasteiger partial charge is 0.491 e. The summed E-state index contributed by atoms with van der Waals surface area (Å²) in [4.78, 5) is 18.4. The highest BCUT2D eigenvalue weighted by molar-refractivity contribution is 6.17. The smallest absolute Gasteiger partial charge is 0.275 e.